The summed E-state index contributed by atoms with van der Waals surface area (Å²) in [6, 6.07) is 0.299. The molecule has 14 heavy (non-hydrogen) atoms. The lowest BCUT2D eigenvalue weighted by atomic mass is 9.89. The minimum atomic E-state index is 0.299. The quantitative estimate of drug-likeness (QED) is 0.486. The van der Waals surface area contributed by atoms with Gasteiger partial charge in [0.05, 0.1) is 0 Å². The summed E-state index contributed by atoms with van der Waals surface area (Å²) in [6.07, 6.45) is 8.63. The first kappa shape index (κ1) is 13.7. The Kier molecular flexibility index (Phi) is 7.87. The van der Waals surface area contributed by atoms with Gasteiger partial charge >= 0.3 is 0 Å². The number of unbranched alkanes of at least 4 members (excludes halogenated alkanes) is 2. The topological polar surface area (TPSA) is 26.0 Å². The molecular weight excluding hydrogens is 170 g/mol. The second-order valence-corrected chi connectivity index (χ2v) is 4.34. The van der Waals surface area contributed by atoms with E-state index in [-0.39, 0.29) is 0 Å². The average molecular weight is 197 g/mol. The molecule has 0 spiro atoms. The first-order valence-electron chi connectivity index (χ1n) is 6.05. The van der Waals surface area contributed by atoms with E-state index in [1.54, 1.807) is 0 Å². The zero-order valence-corrected chi connectivity index (χ0v) is 10.3. The molecule has 0 saturated heterocycles. The van der Waals surface area contributed by atoms with Gasteiger partial charge in [-0.15, -0.1) is 0 Å². The van der Waals surface area contributed by atoms with Crippen LogP contribution in [-0.2, 0) is 0 Å². The predicted octanol–water partition coefficient (Wildman–Crippen LogP) is 3.89. The highest BCUT2D eigenvalue weighted by Gasteiger charge is 2.13. The standard InChI is InChI=1S/C13H27N/c1-5-7-8-10-11(3)13(9-6-2)12(4)14/h10,12-13H,5-9,14H2,1-4H3/b11-10+. The van der Waals surface area contributed by atoms with E-state index in [9.17, 15) is 0 Å². The molecule has 84 valence electrons. The molecule has 2 N–H and O–H groups in total. The van der Waals surface area contributed by atoms with Gasteiger partial charge < -0.3 is 5.73 Å². The van der Waals surface area contributed by atoms with E-state index in [0.29, 0.717) is 12.0 Å². The molecule has 0 aliphatic heterocycles. The molecule has 0 aromatic heterocycles. The average Bonchev–Trinajstić information content (AvgIpc) is 2.13. The van der Waals surface area contributed by atoms with Crippen molar-refractivity contribution in [1.82, 2.24) is 0 Å². The molecule has 0 radical (unpaired) electrons. The summed E-state index contributed by atoms with van der Waals surface area (Å²) in [6.45, 7) is 8.82. The summed E-state index contributed by atoms with van der Waals surface area (Å²) in [5, 5.41) is 0. The maximum Gasteiger partial charge on any atom is 0.00759 e. The van der Waals surface area contributed by atoms with Crippen molar-refractivity contribution in [3.8, 4) is 0 Å². The molecule has 0 heterocycles. The normalized spacial score (nSPS) is 16.8. The lowest BCUT2D eigenvalue weighted by molar-refractivity contribution is 0.467. The highest BCUT2D eigenvalue weighted by Crippen LogP contribution is 2.20. The summed E-state index contributed by atoms with van der Waals surface area (Å²) in [7, 11) is 0. The third-order valence-corrected chi connectivity index (χ3v) is 2.84. The van der Waals surface area contributed by atoms with Gasteiger partial charge in [-0.2, -0.15) is 0 Å². The summed E-state index contributed by atoms with van der Waals surface area (Å²) in [5.41, 5.74) is 7.48. The molecule has 0 rings (SSSR count). The van der Waals surface area contributed by atoms with E-state index in [4.69, 9.17) is 5.73 Å². The fraction of sp³-hybridized carbons (Fsp3) is 0.846. The van der Waals surface area contributed by atoms with E-state index >= 15 is 0 Å². The lowest BCUT2D eigenvalue weighted by Gasteiger charge is -2.21. The van der Waals surface area contributed by atoms with Crippen LogP contribution in [0.3, 0.4) is 0 Å². The molecule has 0 aromatic rings. The number of rotatable bonds is 7. The molecule has 0 bridgehead atoms. The summed E-state index contributed by atoms with van der Waals surface area (Å²) in [4.78, 5) is 0. The monoisotopic (exact) mass is 197 g/mol. The van der Waals surface area contributed by atoms with Crippen LogP contribution >= 0.6 is 0 Å². The van der Waals surface area contributed by atoms with Crippen molar-refractivity contribution < 1.29 is 0 Å². The van der Waals surface area contributed by atoms with Crippen molar-refractivity contribution in [2.75, 3.05) is 0 Å². The molecule has 0 aliphatic carbocycles. The van der Waals surface area contributed by atoms with Gasteiger partial charge in [0.2, 0.25) is 0 Å². The van der Waals surface area contributed by atoms with Crippen LogP contribution in [0.4, 0.5) is 0 Å². The molecule has 0 saturated carbocycles. The molecule has 1 nitrogen and oxygen atoms in total. The molecular formula is C13H27N. The Morgan fingerprint density at radius 3 is 2.36 bits per heavy atom. The zero-order chi connectivity index (χ0) is 11.0. The molecule has 2 unspecified atom stereocenters. The van der Waals surface area contributed by atoms with Crippen LogP contribution in [0.25, 0.3) is 0 Å². The third-order valence-electron chi connectivity index (χ3n) is 2.84. The Morgan fingerprint density at radius 2 is 1.93 bits per heavy atom. The van der Waals surface area contributed by atoms with Crippen LogP contribution in [0.1, 0.15) is 59.8 Å². The first-order valence-corrected chi connectivity index (χ1v) is 6.05. The van der Waals surface area contributed by atoms with Gasteiger partial charge in [-0.25, -0.2) is 0 Å². The van der Waals surface area contributed by atoms with Crippen molar-refractivity contribution in [1.29, 1.82) is 0 Å². The molecule has 1 heteroatoms. The zero-order valence-electron chi connectivity index (χ0n) is 10.3. The molecule has 0 fully saturated rings. The molecule has 0 aliphatic rings. The van der Waals surface area contributed by atoms with E-state index in [1.807, 2.05) is 0 Å². The Labute approximate surface area is 89.8 Å². The van der Waals surface area contributed by atoms with Crippen LogP contribution < -0.4 is 5.73 Å². The lowest BCUT2D eigenvalue weighted by Crippen LogP contribution is -2.27. The van der Waals surface area contributed by atoms with Gasteiger partial charge in [-0.05, 0) is 32.6 Å². The largest absolute Gasteiger partial charge is 0.327 e. The van der Waals surface area contributed by atoms with Crippen molar-refractivity contribution in [2.45, 2.75) is 65.8 Å². The van der Waals surface area contributed by atoms with E-state index in [1.165, 1.54) is 37.7 Å². The van der Waals surface area contributed by atoms with Crippen LogP contribution in [0.15, 0.2) is 11.6 Å². The van der Waals surface area contributed by atoms with Gasteiger partial charge in [0.15, 0.2) is 0 Å². The second kappa shape index (κ2) is 8.05. The van der Waals surface area contributed by atoms with Crippen LogP contribution in [0.2, 0.25) is 0 Å². The highest BCUT2D eigenvalue weighted by molar-refractivity contribution is 5.05. The van der Waals surface area contributed by atoms with Crippen LogP contribution in [-0.4, -0.2) is 6.04 Å². The van der Waals surface area contributed by atoms with E-state index in [2.05, 4.69) is 33.8 Å². The van der Waals surface area contributed by atoms with Gasteiger partial charge in [0, 0.05) is 6.04 Å². The minimum Gasteiger partial charge on any atom is -0.327 e. The fourth-order valence-electron chi connectivity index (χ4n) is 1.90. The van der Waals surface area contributed by atoms with Gasteiger partial charge in [0.1, 0.15) is 0 Å². The number of allylic oxidation sites excluding steroid dienone is 1. The fourth-order valence-corrected chi connectivity index (χ4v) is 1.90. The Hall–Kier alpha value is -0.300. The van der Waals surface area contributed by atoms with Crippen molar-refractivity contribution in [2.24, 2.45) is 11.7 Å². The van der Waals surface area contributed by atoms with Crippen LogP contribution in [0.5, 0.6) is 0 Å². The van der Waals surface area contributed by atoms with Gasteiger partial charge in [-0.1, -0.05) is 44.8 Å². The molecule has 0 aromatic carbocycles. The summed E-state index contributed by atoms with van der Waals surface area (Å²) >= 11 is 0. The first-order chi connectivity index (χ1) is 6.63. The number of hydrogen-bond donors (Lipinski definition) is 1. The van der Waals surface area contributed by atoms with Crippen molar-refractivity contribution in [3.63, 3.8) is 0 Å². The van der Waals surface area contributed by atoms with Crippen molar-refractivity contribution in [3.05, 3.63) is 11.6 Å². The second-order valence-electron chi connectivity index (χ2n) is 4.34. The van der Waals surface area contributed by atoms with Crippen molar-refractivity contribution >= 4 is 0 Å². The summed E-state index contributed by atoms with van der Waals surface area (Å²) in [5.74, 6) is 0.594. The maximum absolute atomic E-state index is 5.99. The molecule has 2 atom stereocenters. The van der Waals surface area contributed by atoms with Gasteiger partial charge in [-0.3, -0.25) is 0 Å². The Bertz CT molecular complexity index is 159. The predicted molar refractivity (Wildman–Crippen MR) is 65.3 cm³/mol. The highest BCUT2D eigenvalue weighted by atomic mass is 14.6. The number of nitrogens with two attached hydrogens (primary N) is 1. The summed E-state index contributed by atoms with van der Waals surface area (Å²) < 4.78 is 0. The Balaban J connectivity index is 4.12. The third kappa shape index (κ3) is 5.43. The van der Waals surface area contributed by atoms with Gasteiger partial charge in [0.25, 0.3) is 0 Å². The smallest absolute Gasteiger partial charge is 0.00759 e. The van der Waals surface area contributed by atoms with Crippen LogP contribution in [0, 0.1) is 5.92 Å². The number of hydrogen-bond acceptors (Lipinski definition) is 1. The maximum atomic E-state index is 5.99. The minimum absolute atomic E-state index is 0.299. The molecule has 0 amide bonds. The Morgan fingerprint density at radius 1 is 1.29 bits per heavy atom. The van der Waals surface area contributed by atoms with E-state index in [0.717, 1.165) is 0 Å². The van der Waals surface area contributed by atoms with E-state index < -0.39 is 0 Å². The SMILES string of the molecule is CCCC/C=C(\C)C(CCC)C(C)N.